The third kappa shape index (κ3) is 4.14. The van der Waals surface area contributed by atoms with Crippen molar-refractivity contribution in [3.63, 3.8) is 0 Å². The zero-order valence-corrected chi connectivity index (χ0v) is 14.5. The molecule has 1 aromatic heterocycles. The number of carbonyl (C=O) groups excluding carboxylic acids is 1. The number of carbonyl (C=O) groups is 1. The summed E-state index contributed by atoms with van der Waals surface area (Å²) < 4.78 is 5.78. The number of hydrogen-bond acceptors (Lipinski definition) is 5. The molecule has 0 saturated carbocycles. The fourth-order valence-corrected chi connectivity index (χ4v) is 3.39. The minimum absolute atomic E-state index is 0.00569. The average Bonchev–Trinajstić information content (AvgIpc) is 3.00. The first kappa shape index (κ1) is 16.5. The lowest BCUT2D eigenvalue weighted by atomic mass is 10.1. The second-order valence-electron chi connectivity index (χ2n) is 5.03. The first-order chi connectivity index (χ1) is 11.1. The van der Waals surface area contributed by atoms with E-state index < -0.39 is 0 Å². The molecular formula is C15H15Cl2N3O2S. The Labute approximate surface area is 148 Å². The Hall–Kier alpha value is -1.34. The van der Waals surface area contributed by atoms with Crippen LogP contribution in [-0.4, -0.2) is 42.1 Å². The van der Waals surface area contributed by atoms with Crippen molar-refractivity contribution < 1.29 is 9.53 Å². The molecule has 3 rings (SSSR count). The number of thiazole rings is 1. The third-order valence-electron chi connectivity index (χ3n) is 3.49. The zero-order valence-electron chi connectivity index (χ0n) is 12.2. The topological polar surface area (TPSA) is 54.5 Å². The van der Waals surface area contributed by atoms with Gasteiger partial charge in [-0.1, -0.05) is 23.2 Å². The van der Waals surface area contributed by atoms with Gasteiger partial charge in [-0.05, 0) is 18.2 Å². The van der Waals surface area contributed by atoms with Gasteiger partial charge >= 0.3 is 0 Å². The summed E-state index contributed by atoms with van der Waals surface area (Å²) >= 11 is 13.4. The Morgan fingerprint density at radius 1 is 1.35 bits per heavy atom. The number of nitrogens with one attached hydrogen (secondary N) is 1. The van der Waals surface area contributed by atoms with E-state index in [1.807, 2.05) is 0 Å². The van der Waals surface area contributed by atoms with Crippen LogP contribution in [0, 0.1) is 0 Å². The van der Waals surface area contributed by atoms with Gasteiger partial charge in [0.2, 0.25) is 0 Å². The van der Waals surface area contributed by atoms with Crippen molar-refractivity contribution >= 4 is 46.1 Å². The van der Waals surface area contributed by atoms with Crippen molar-refractivity contribution in [1.82, 2.24) is 9.88 Å². The van der Waals surface area contributed by atoms with Crippen molar-refractivity contribution in [3.05, 3.63) is 44.3 Å². The number of anilines is 1. The van der Waals surface area contributed by atoms with Crippen molar-refractivity contribution in [2.24, 2.45) is 0 Å². The molecule has 1 N–H and O–H groups in total. The van der Waals surface area contributed by atoms with Gasteiger partial charge in [-0.2, -0.15) is 0 Å². The van der Waals surface area contributed by atoms with Gasteiger partial charge in [0.15, 0.2) is 4.47 Å². The molecule has 122 valence electrons. The molecule has 0 aliphatic carbocycles. The Bertz CT molecular complexity index is 702. The number of benzene rings is 1. The van der Waals surface area contributed by atoms with Crippen LogP contribution in [0.2, 0.25) is 9.49 Å². The van der Waals surface area contributed by atoms with Gasteiger partial charge in [0.05, 0.1) is 30.5 Å². The lowest BCUT2D eigenvalue weighted by Crippen LogP contribution is -2.40. The van der Waals surface area contributed by atoms with E-state index >= 15 is 0 Å². The zero-order chi connectivity index (χ0) is 16.2. The van der Waals surface area contributed by atoms with Crippen LogP contribution in [0.15, 0.2) is 24.4 Å². The minimum Gasteiger partial charge on any atom is -0.379 e. The van der Waals surface area contributed by atoms with Crippen LogP contribution in [0.1, 0.15) is 15.2 Å². The molecule has 0 radical (unpaired) electrons. The van der Waals surface area contributed by atoms with Gasteiger partial charge in [0.25, 0.3) is 5.91 Å². The Balaban J connectivity index is 1.71. The van der Waals surface area contributed by atoms with E-state index in [-0.39, 0.29) is 5.91 Å². The van der Waals surface area contributed by atoms with E-state index in [0.29, 0.717) is 47.9 Å². The molecule has 1 amide bonds. The van der Waals surface area contributed by atoms with Crippen LogP contribution >= 0.6 is 34.5 Å². The van der Waals surface area contributed by atoms with Crippen LogP contribution in [-0.2, 0) is 11.3 Å². The standard InChI is InChI=1S/C15H15Cl2N3O2S/c16-12-2-1-10(14(21)20-3-5-22-6-4-20)7-13(12)18-8-11-9-19-15(17)23-11/h1-2,7,9,18H,3-6,8H2. The predicted octanol–water partition coefficient (Wildman–Crippen LogP) is 3.53. The Morgan fingerprint density at radius 2 is 2.13 bits per heavy atom. The van der Waals surface area contributed by atoms with Crippen molar-refractivity contribution in [3.8, 4) is 0 Å². The Morgan fingerprint density at radius 3 is 2.83 bits per heavy atom. The van der Waals surface area contributed by atoms with E-state index in [2.05, 4.69) is 10.3 Å². The lowest BCUT2D eigenvalue weighted by molar-refractivity contribution is 0.0303. The first-order valence-electron chi connectivity index (χ1n) is 7.14. The van der Waals surface area contributed by atoms with Crippen molar-refractivity contribution in [2.45, 2.75) is 6.54 Å². The number of rotatable bonds is 4. The van der Waals surface area contributed by atoms with Gasteiger partial charge in [-0.25, -0.2) is 4.98 Å². The predicted molar refractivity (Wildman–Crippen MR) is 92.6 cm³/mol. The number of aromatic nitrogens is 1. The first-order valence-corrected chi connectivity index (χ1v) is 8.71. The molecule has 8 heteroatoms. The molecule has 1 fully saturated rings. The molecule has 0 atom stereocenters. The van der Waals surface area contributed by atoms with Gasteiger partial charge in [0, 0.05) is 29.7 Å². The number of hydrogen-bond donors (Lipinski definition) is 1. The van der Waals surface area contributed by atoms with Gasteiger partial charge in [-0.15, -0.1) is 11.3 Å². The summed E-state index contributed by atoms with van der Waals surface area (Å²) in [6.45, 7) is 2.94. The second kappa shape index (κ2) is 7.49. The molecular weight excluding hydrogens is 357 g/mol. The molecule has 2 heterocycles. The van der Waals surface area contributed by atoms with E-state index in [1.165, 1.54) is 11.3 Å². The molecule has 1 aromatic carbocycles. The summed E-state index contributed by atoms with van der Waals surface area (Å²) in [6, 6.07) is 5.26. The lowest BCUT2D eigenvalue weighted by Gasteiger charge is -2.27. The highest BCUT2D eigenvalue weighted by atomic mass is 35.5. The highest BCUT2D eigenvalue weighted by Crippen LogP contribution is 2.26. The van der Waals surface area contributed by atoms with Gasteiger partial charge in [0.1, 0.15) is 0 Å². The maximum absolute atomic E-state index is 12.5. The quantitative estimate of drug-likeness (QED) is 0.892. The van der Waals surface area contributed by atoms with Crippen LogP contribution in [0.3, 0.4) is 0 Å². The van der Waals surface area contributed by atoms with Gasteiger partial charge in [-0.3, -0.25) is 4.79 Å². The minimum atomic E-state index is -0.00569. The van der Waals surface area contributed by atoms with Gasteiger partial charge < -0.3 is 15.0 Å². The highest BCUT2D eigenvalue weighted by molar-refractivity contribution is 7.15. The number of nitrogens with zero attached hydrogens (tertiary/aromatic N) is 2. The second-order valence-corrected chi connectivity index (χ2v) is 7.14. The molecule has 0 spiro atoms. The average molecular weight is 372 g/mol. The summed E-state index contributed by atoms with van der Waals surface area (Å²) in [5.74, 6) is -0.00569. The largest absolute Gasteiger partial charge is 0.379 e. The SMILES string of the molecule is O=C(c1ccc(Cl)c(NCc2cnc(Cl)s2)c1)N1CCOCC1. The smallest absolute Gasteiger partial charge is 0.254 e. The number of amides is 1. The van der Waals surface area contributed by atoms with Crippen LogP contribution < -0.4 is 5.32 Å². The number of morpholine rings is 1. The molecule has 0 unspecified atom stereocenters. The highest BCUT2D eigenvalue weighted by Gasteiger charge is 2.19. The van der Waals surface area contributed by atoms with E-state index in [9.17, 15) is 4.79 Å². The van der Waals surface area contributed by atoms with Crippen molar-refractivity contribution in [2.75, 3.05) is 31.6 Å². The van der Waals surface area contributed by atoms with E-state index in [4.69, 9.17) is 27.9 Å². The maximum atomic E-state index is 12.5. The van der Waals surface area contributed by atoms with Crippen molar-refractivity contribution in [1.29, 1.82) is 0 Å². The van der Waals surface area contributed by atoms with E-state index in [0.717, 1.165) is 10.6 Å². The summed E-state index contributed by atoms with van der Waals surface area (Å²) in [5.41, 5.74) is 1.33. The molecule has 1 aliphatic rings. The maximum Gasteiger partial charge on any atom is 0.254 e. The van der Waals surface area contributed by atoms with Crippen LogP contribution in [0.5, 0.6) is 0 Å². The fraction of sp³-hybridized carbons (Fsp3) is 0.333. The fourth-order valence-electron chi connectivity index (χ4n) is 2.29. The number of halogens is 2. The molecule has 1 saturated heterocycles. The van der Waals surface area contributed by atoms with Crippen LogP contribution in [0.25, 0.3) is 0 Å². The summed E-state index contributed by atoms with van der Waals surface area (Å²) in [7, 11) is 0. The molecule has 2 aromatic rings. The molecule has 0 bridgehead atoms. The molecule has 5 nitrogen and oxygen atoms in total. The van der Waals surface area contributed by atoms with E-state index in [1.54, 1.807) is 29.3 Å². The third-order valence-corrected chi connectivity index (χ3v) is 4.93. The molecule has 1 aliphatic heterocycles. The summed E-state index contributed by atoms with van der Waals surface area (Å²) in [5, 5.41) is 3.79. The monoisotopic (exact) mass is 371 g/mol. The normalized spacial score (nSPS) is 14.8. The van der Waals surface area contributed by atoms with Crippen LogP contribution in [0.4, 0.5) is 5.69 Å². The number of ether oxygens (including phenoxy) is 1. The summed E-state index contributed by atoms with van der Waals surface area (Å²) in [4.78, 5) is 19.3. The summed E-state index contributed by atoms with van der Waals surface area (Å²) in [6.07, 6.45) is 1.72. The molecule has 23 heavy (non-hydrogen) atoms. The Kier molecular flexibility index (Phi) is 5.38.